The molecule has 1 atom stereocenters. The maximum absolute atomic E-state index is 5.89. The van der Waals surface area contributed by atoms with Gasteiger partial charge in [0.2, 0.25) is 0 Å². The lowest BCUT2D eigenvalue weighted by molar-refractivity contribution is 0.284. The Balaban J connectivity index is 2.74. The van der Waals surface area contributed by atoms with Gasteiger partial charge in [0.25, 0.3) is 0 Å². The number of likely N-dealkylation sites (N-methyl/N-ethyl adjacent to an activating group) is 1. The molecule has 1 aromatic rings. The average molecular weight is 220 g/mol. The first-order valence-electron chi connectivity index (χ1n) is 6.20. The Hall–Kier alpha value is -0.860. The molecule has 1 unspecified atom stereocenters. The summed E-state index contributed by atoms with van der Waals surface area (Å²) in [7, 11) is 0. The highest BCUT2D eigenvalue weighted by Crippen LogP contribution is 2.17. The first-order chi connectivity index (χ1) is 7.71. The minimum Gasteiger partial charge on any atom is -0.330 e. The van der Waals surface area contributed by atoms with Crippen LogP contribution in [0.1, 0.15) is 30.9 Å². The standard InChI is InChI=1S/C14H24N2/c1-4-16(5-2)11-14(10-15)13-8-6-7-12(3)9-13/h6-9,14H,4-5,10-11,15H2,1-3H3. The number of nitrogens with two attached hydrogens (primary N) is 1. The molecular formula is C14H24N2. The van der Waals surface area contributed by atoms with E-state index in [-0.39, 0.29) is 0 Å². The summed E-state index contributed by atoms with van der Waals surface area (Å²) in [6, 6.07) is 8.69. The Kier molecular flexibility index (Phi) is 5.50. The van der Waals surface area contributed by atoms with Gasteiger partial charge in [0.1, 0.15) is 0 Å². The zero-order valence-corrected chi connectivity index (χ0v) is 10.7. The highest BCUT2D eigenvalue weighted by Gasteiger charge is 2.12. The largest absolute Gasteiger partial charge is 0.330 e. The van der Waals surface area contributed by atoms with Crippen molar-refractivity contribution >= 4 is 0 Å². The van der Waals surface area contributed by atoms with Crippen LogP contribution in [0, 0.1) is 6.92 Å². The Labute approximate surface area is 99.5 Å². The third kappa shape index (κ3) is 3.62. The van der Waals surface area contributed by atoms with Crippen molar-refractivity contribution in [2.24, 2.45) is 5.73 Å². The smallest absolute Gasteiger partial charge is 0.00889 e. The van der Waals surface area contributed by atoms with E-state index >= 15 is 0 Å². The van der Waals surface area contributed by atoms with Crippen molar-refractivity contribution in [2.75, 3.05) is 26.2 Å². The molecule has 2 N–H and O–H groups in total. The normalized spacial score (nSPS) is 13.1. The van der Waals surface area contributed by atoms with Gasteiger partial charge < -0.3 is 10.6 Å². The maximum Gasteiger partial charge on any atom is 0.00889 e. The molecule has 0 radical (unpaired) electrons. The van der Waals surface area contributed by atoms with Gasteiger partial charge in [0.05, 0.1) is 0 Å². The molecule has 0 spiro atoms. The molecule has 2 nitrogen and oxygen atoms in total. The Morgan fingerprint density at radius 2 is 1.94 bits per heavy atom. The second kappa shape index (κ2) is 6.66. The lowest BCUT2D eigenvalue weighted by Crippen LogP contribution is -2.31. The number of rotatable bonds is 6. The van der Waals surface area contributed by atoms with E-state index < -0.39 is 0 Å². The molecule has 2 heteroatoms. The van der Waals surface area contributed by atoms with Crippen LogP contribution in [0.3, 0.4) is 0 Å². The van der Waals surface area contributed by atoms with E-state index in [9.17, 15) is 0 Å². The molecule has 0 aliphatic carbocycles. The maximum atomic E-state index is 5.89. The third-order valence-electron chi connectivity index (χ3n) is 3.17. The lowest BCUT2D eigenvalue weighted by Gasteiger charge is -2.24. The molecule has 0 amide bonds. The van der Waals surface area contributed by atoms with Gasteiger partial charge in [-0.1, -0.05) is 43.7 Å². The summed E-state index contributed by atoms with van der Waals surface area (Å²) >= 11 is 0. The Morgan fingerprint density at radius 1 is 1.25 bits per heavy atom. The van der Waals surface area contributed by atoms with Gasteiger partial charge in [-0.25, -0.2) is 0 Å². The summed E-state index contributed by atoms with van der Waals surface area (Å²) in [5.74, 6) is 0.458. The van der Waals surface area contributed by atoms with Gasteiger partial charge in [0, 0.05) is 19.0 Å². The van der Waals surface area contributed by atoms with E-state index in [0.29, 0.717) is 5.92 Å². The molecule has 1 aromatic carbocycles. The van der Waals surface area contributed by atoms with Crippen molar-refractivity contribution in [3.63, 3.8) is 0 Å². The van der Waals surface area contributed by atoms with Gasteiger partial charge in [-0.2, -0.15) is 0 Å². The van der Waals surface area contributed by atoms with E-state index in [1.807, 2.05) is 0 Å². The molecule has 0 aliphatic rings. The van der Waals surface area contributed by atoms with Gasteiger partial charge in [0.15, 0.2) is 0 Å². The minimum absolute atomic E-state index is 0.458. The topological polar surface area (TPSA) is 29.3 Å². The van der Waals surface area contributed by atoms with Crippen LogP contribution in [0.4, 0.5) is 0 Å². The van der Waals surface area contributed by atoms with E-state index in [0.717, 1.165) is 26.2 Å². The van der Waals surface area contributed by atoms with Crippen LogP contribution in [0.25, 0.3) is 0 Å². The van der Waals surface area contributed by atoms with Crippen LogP contribution < -0.4 is 5.73 Å². The number of hydrogen-bond donors (Lipinski definition) is 1. The molecule has 0 heterocycles. The van der Waals surface area contributed by atoms with Crippen LogP contribution in [-0.2, 0) is 0 Å². The predicted molar refractivity (Wildman–Crippen MR) is 70.8 cm³/mol. The van der Waals surface area contributed by atoms with Crippen LogP contribution >= 0.6 is 0 Å². The van der Waals surface area contributed by atoms with Crippen molar-refractivity contribution in [2.45, 2.75) is 26.7 Å². The van der Waals surface area contributed by atoms with Gasteiger partial charge in [-0.3, -0.25) is 0 Å². The van der Waals surface area contributed by atoms with Crippen LogP contribution in [0.15, 0.2) is 24.3 Å². The summed E-state index contributed by atoms with van der Waals surface area (Å²) < 4.78 is 0. The fourth-order valence-corrected chi connectivity index (χ4v) is 2.03. The molecule has 0 fully saturated rings. The van der Waals surface area contributed by atoms with Gasteiger partial charge >= 0.3 is 0 Å². The fraction of sp³-hybridized carbons (Fsp3) is 0.571. The predicted octanol–water partition coefficient (Wildman–Crippen LogP) is 2.38. The van der Waals surface area contributed by atoms with Crippen molar-refractivity contribution in [1.82, 2.24) is 4.90 Å². The van der Waals surface area contributed by atoms with E-state index in [1.165, 1.54) is 11.1 Å². The molecule has 0 aliphatic heterocycles. The number of hydrogen-bond acceptors (Lipinski definition) is 2. The molecular weight excluding hydrogens is 196 g/mol. The van der Waals surface area contributed by atoms with Gasteiger partial charge in [-0.05, 0) is 25.6 Å². The average Bonchev–Trinajstić information content (AvgIpc) is 2.31. The summed E-state index contributed by atoms with van der Waals surface area (Å²) in [6.07, 6.45) is 0. The first kappa shape index (κ1) is 13.2. The molecule has 0 saturated heterocycles. The SMILES string of the molecule is CCN(CC)CC(CN)c1cccc(C)c1. The molecule has 0 aromatic heterocycles. The summed E-state index contributed by atoms with van der Waals surface area (Å²) in [6.45, 7) is 10.5. The molecule has 0 saturated carbocycles. The summed E-state index contributed by atoms with van der Waals surface area (Å²) in [5.41, 5.74) is 8.57. The summed E-state index contributed by atoms with van der Waals surface area (Å²) in [4.78, 5) is 2.43. The Bertz CT molecular complexity index is 305. The second-order valence-electron chi connectivity index (χ2n) is 4.33. The number of benzene rings is 1. The Morgan fingerprint density at radius 3 is 2.44 bits per heavy atom. The number of nitrogens with zero attached hydrogens (tertiary/aromatic N) is 1. The van der Waals surface area contributed by atoms with Crippen molar-refractivity contribution in [3.8, 4) is 0 Å². The third-order valence-corrected chi connectivity index (χ3v) is 3.17. The molecule has 16 heavy (non-hydrogen) atoms. The highest BCUT2D eigenvalue weighted by atomic mass is 15.1. The highest BCUT2D eigenvalue weighted by molar-refractivity contribution is 5.26. The van der Waals surface area contributed by atoms with Crippen LogP contribution in [0.2, 0.25) is 0 Å². The van der Waals surface area contributed by atoms with E-state index in [1.54, 1.807) is 0 Å². The number of aryl methyl sites for hydroxylation is 1. The molecule has 1 rings (SSSR count). The van der Waals surface area contributed by atoms with Crippen LogP contribution in [-0.4, -0.2) is 31.1 Å². The van der Waals surface area contributed by atoms with Crippen molar-refractivity contribution in [3.05, 3.63) is 35.4 Å². The zero-order valence-electron chi connectivity index (χ0n) is 10.7. The summed E-state index contributed by atoms with van der Waals surface area (Å²) in [5, 5.41) is 0. The van der Waals surface area contributed by atoms with Crippen molar-refractivity contribution in [1.29, 1.82) is 0 Å². The van der Waals surface area contributed by atoms with E-state index in [2.05, 4.69) is 49.9 Å². The monoisotopic (exact) mass is 220 g/mol. The van der Waals surface area contributed by atoms with Crippen LogP contribution in [0.5, 0.6) is 0 Å². The quantitative estimate of drug-likeness (QED) is 0.797. The second-order valence-corrected chi connectivity index (χ2v) is 4.33. The minimum atomic E-state index is 0.458. The van der Waals surface area contributed by atoms with Crippen molar-refractivity contribution < 1.29 is 0 Å². The zero-order chi connectivity index (χ0) is 12.0. The first-order valence-corrected chi connectivity index (χ1v) is 6.20. The van der Waals surface area contributed by atoms with Gasteiger partial charge in [-0.15, -0.1) is 0 Å². The lowest BCUT2D eigenvalue weighted by atomic mass is 9.97. The van der Waals surface area contributed by atoms with E-state index in [4.69, 9.17) is 5.73 Å². The fourth-order valence-electron chi connectivity index (χ4n) is 2.03. The molecule has 90 valence electrons. The molecule has 0 bridgehead atoms.